The van der Waals surface area contributed by atoms with Crippen LogP contribution in [0.4, 0.5) is 0 Å². The van der Waals surface area contributed by atoms with Crippen molar-refractivity contribution in [2.24, 2.45) is 0 Å². The molecule has 5 nitrogen and oxygen atoms in total. The normalized spacial score (nSPS) is 14.4. The predicted octanol–water partition coefficient (Wildman–Crippen LogP) is 1.69. The number of aryl methyl sites for hydroxylation is 1. The van der Waals surface area contributed by atoms with E-state index in [2.05, 4.69) is 0 Å². The number of carboxylic acid groups (broad SMARTS) is 1. The summed E-state index contributed by atoms with van der Waals surface area (Å²) in [5.41, 5.74) is 2.10. The number of nitrogens with zero attached hydrogens (tertiary/aromatic N) is 1. The lowest BCUT2D eigenvalue weighted by atomic mass is 10.0. The lowest BCUT2D eigenvalue weighted by molar-refractivity contribution is -0.131. The van der Waals surface area contributed by atoms with Gasteiger partial charge in [0.15, 0.2) is 0 Å². The fraction of sp³-hybridized carbons (Fsp3) is 0.375. The van der Waals surface area contributed by atoms with E-state index in [9.17, 15) is 9.59 Å². The van der Waals surface area contributed by atoms with Gasteiger partial charge in [0.05, 0.1) is 6.61 Å². The lowest BCUT2D eigenvalue weighted by Crippen LogP contribution is -2.35. The number of carbonyl (C=O) groups excluding carboxylic acids is 1. The van der Waals surface area contributed by atoms with Gasteiger partial charge in [0, 0.05) is 24.2 Å². The van der Waals surface area contributed by atoms with Crippen LogP contribution in [-0.2, 0) is 4.79 Å². The Balaban J connectivity index is 2.25. The molecule has 1 saturated carbocycles. The Labute approximate surface area is 123 Å². The van der Waals surface area contributed by atoms with Crippen LogP contribution in [0.1, 0.15) is 34.3 Å². The van der Waals surface area contributed by atoms with E-state index in [1.165, 1.54) is 6.08 Å². The summed E-state index contributed by atoms with van der Waals surface area (Å²) in [6.07, 6.45) is 4.47. The fourth-order valence-electron chi connectivity index (χ4n) is 2.31. The summed E-state index contributed by atoms with van der Waals surface area (Å²) in [4.78, 5) is 24.8. The summed E-state index contributed by atoms with van der Waals surface area (Å²) in [6, 6.07) is 5.52. The quantitative estimate of drug-likeness (QED) is 0.781. The highest BCUT2D eigenvalue weighted by atomic mass is 16.4. The zero-order valence-corrected chi connectivity index (χ0v) is 12.0. The number of amides is 1. The average molecular weight is 289 g/mol. The molecule has 0 atom stereocenters. The minimum absolute atomic E-state index is 0.0557. The van der Waals surface area contributed by atoms with Crippen LogP contribution in [0.5, 0.6) is 0 Å². The predicted molar refractivity (Wildman–Crippen MR) is 79.0 cm³/mol. The van der Waals surface area contributed by atoms with Crippen molar-refractivity contribution in [1.29, 1.82) is 0 Å². The molecule has 1 amide bonds. The molecule has 1 aliphatic carbocycles. The average Bonchev–Trinajstić information content (AvgIpc) is 3.25. The summed E-state index contributed by atoms with van der Waals surface area (Å²) in [5, 5.41) is 17.8. The van der Waals surface area contributed by atoms with Gasteiger partial charge in [-0.3, -0.25) is 4.79 Å². The minimum atomic E-state index is -1.02. The molecule has 0 spiro atoms. The molecule has 0 heterocycles. The largest absolute Gasteiger partial charge is 0.478 e. The Hall–Kier alpha value is -2.14. The zero-order valence-electron chi connectivity index (χ0n) is 12.0. The van der Waals surface area contributed by atoms with E-state index < -0.39 is 5.97 Å². The highest BCUT2D eigenvalue weighted by Crippen LogP contribution is 2.28. The van der Waals surface area contributed by atoms with E-state index in [4.69, 9.17) is 10.2 Å². The van der Waals surface area contributed by atoms with Gasteiger partial charge in [0.25, 0.3) is 5.91 Å². The van der Waals surface area contributed by atoms with Gasteiger partial charge in [-0.25, -0.2) is 4.79 Å². The van der Waals surface area contributed by atoms with Crippen molar-refractivity contribution in [2.75, 3.05) is 13.2 Å². The molecule has 0 aliphatic heterocycles. The van der Waals surface area contributed by atoms with E-state index in [1.54, 1.807) is 17.0 Å². The second-order valence-corrected chi connectivity index (χ2v) is 5.26. The molecular weight excluding hydrogens is 270 g/mol. The molecule has 2 rings (SSSR count). The van der Waals surface area contributed by atoms with Gasteiger partial charge in [0.1, 0.15) is 0 Å². The van der Waals surface area contributed by atoms with Gasteiger partial charge < -0.3 is 15.1 Å². The maximum atomic E-state index is 12.5. The number of benzene rings is 1. The van der Waals surface area contributed by atoms with Crippen molar-refractivity contribution in [3.63, 3.8) is 0 Å². The van der Waals surface area contributed by atoms with Crippen LogP contribution in [0.15, 0.2) is 24.3 Å². The van der Waals surface area contributed by atoms with Crippen molar-refractivity contribution in [3.8, 4) is 0 Å². The van der Waals surface area contributed by atoms with E-state index in [-0.39, 0.29) is 18.6 Å². The first kappa shape index (κ1) is 15.3. The Morgan fingerprint density at radius 2 is 2.05 bits per heavy atom. The first-order chi connectivity index (χ1) is 10.0. The molecule has 0 saturated heterocycles. The number of aliphatic hydroxyl groups excluding tert-OH is 1. The molecule has 1 aliphatic rings. The number of aliphatic carboxylic acids is 1. The molecular formula is C16H19NO4. The SMILES string of the molecule is Cc1cc(/C=C/C(=O)O)cc(C(=O)N(CCO)C2CC2)c1. The van der Waals surface area contributed by atoms with Crippen molar-refractivity contribution in [1.82, 2.24) is 4.90 Å². The summed E-state index contributed by atoms with van der Waals surface area (Å²) in [7, 11) is 0. The minimum Gasteiger partial charge on any atom is -0.478 e. The number of hydrogen-bond donors (Lipinski definition) is 2. The van der Waals surface area contributed by atoms with Gasteiger partial charge in [0.2, 0.25) is 0 Å². The number of rotatable bonds is 6. The summed E-state index contributed by atoms with van der Waals surface area (Å²) < 4.78 is 0. The van der Waals surface area contributed by atoms with Crippen LogP contribution < -0.4 is 0 Å². The van der Waals surface area contributed by atoms with Crippen LogP contribution in [0.25, 0.3) is 6.08 Å². The van der Waals surface area contributed by atoms with Gasteiger partial charge >= 0.3 is 5.97 Å². The standard InChI is InChI=1S/C16H19NO4/c1-11-8-12(2-5-15(19)20)10-13(9-11)16(21)17(6-7-18)14-3-4-14/h2,5,8-10,14,18H,3-4,6-7H2,1H3,(H,19,20)/b5-2+. The Morgan fingerprint density at radius 3 is 2.62 bits per heavy atom. The third-order valence-corrected chi connectivity index (χ3v) is 3.35. The third kappa shape index (κ3) is 4.16. The van der Waals surface area contributed by atoms with Crippen molar-refractivity contribution in [2.45, 2.75) is 25.8 Å². The molecule has 0 bridgehead atoms. The summed E-state index contributed by atoms with van der Waals surface area (Å²) in [6.45, 7) is 2.14. The molecule has 112 valence electrons. The third-order valence-electron chi connectivity index (χ3n) is 3.35. The van der Waals surface area contributed by atoms with E-state index in [0.29, 0.717) is 17.7 Å². The summed E-state index contributed by atoms with van der Waals surface area (Å²) >= 11 is 0. The molecule has 21 heavy (non-hydrogen) atoms. The topological polar surface area (TPSA) is 77.8 Å². The molecule has 0 aromatic heterocycles. The Kier molecular flexibility index (Phi) is 4.75. The second-order valence-electron chi connectivity index (χ2n) is 5.26. The van der Waals surface area contributed by atoms with Crippen LogP contribution in [0.2, 0.25) is 0 Å². The molecule has 1 aromatic carbocycles. The maximum Gasteiger partial charge on any atom is 0.328 e. The Bertz CT molecular complexity index is 576. The first-order valence-corrected chi connectivity index (χ1v) is 6.96. The molecule has 2 N–H and O–H groups in total. The lowest BCUT2D eigenvalue weighted by Gasteiger charge is -2.21. The van der Waals surface area contributed by atoms with Crippen LogP contribution in [-0.4, -0.2) is 46.2 Å². The van der Waals surface area contributed by atoms with Gasteiger partial charge in [-0.2, -0.15) is 0 Å². The van der Waals surface area contributed by atoms with Crippen LogP contribution in [0, 0.1) is 6.92 Å². The molecule has 0 unspecified atom stereocenters. The maximum absolute atomic E-state index is 12.5. The van der Waals surface area contributed by atoms with Crippen LogP contribution >= 0.6 is 0 Å². The molecule has 5 heteroatoms. The van der Waals surface area contributed by atoms with Gasteiger partial charge in [-0.15, -0.1) is 0 Å². The van der Waals surface area contributed by atoms with Crippen molar-refractivity contribution >= 4 is 18.0 Å². The molecule has 0 radical (unpaired) electrons. The van der Waals surface area contributed by atoms with Crippen molar-refractivity contribution in [3.05, 3.63) is 41.0 Å². The van der Waals surface area contributed by atoms with Crippen LogP contribution in [0.3, 0.4) is 0 Å². The number of carboxylic acids is 1. The Morgan fingerprint density at radius 1 is 1.33 bits per heavy atom. The van der Waals surface area contributed by atoms with Gasteiger partial charge in [-0.1, -0.05) is 6.07 Å². The van der Waals surface area contributed by atoms with E-state index in [0.717, 1.165) is 24.5 Å². The molecule has 1 aromatic rings. The number of aliphatic hydroxyl groups is 1. The summed E-state index contributed by atoms with van der Waals surface area (Å²) in [5.74, 6) is -1.13. The molecule has 1 fully saturated rings. The number of carbonyl (C=O) groups is 2. The zero-order chi connectivity index (χ0) is 15.4. The second kappa shape index (κ2) is 6.54. The fourth-order valence-corrected chi connectivity index (χ4v) is 2.31. The van der Waals surface area contributed by atoms with E-state index in [1.807, 2.05) is 13.0 Å². The first-order valence-electron chi connectivity index (χ1n) is 6.96. The monoisotopic (exact) mass is 289 g/mol. The van der Waals surface area contributed by atoms with Gasteiger partial charge in [-0.05, 0) is 49.1 Å². The van der Waals surface area contributed by atoms with E-state index >= 15 is 0 Å². The highest BCUT2D eigenvalue weighted by Gasteiger charge is 2.32. The smallest absolute Gasteiger partial charge is 0.328 e. The number of hydrogen-bond acceptors (Lipinski definition) is 3. The van der Waals surface area contributed by atoms with Crippen molar-refractivity contribution < 1.29 is 19.8 Å². The highest BCUT2D eigenvalue weighted by molar-refractivity contribution is 5.96.